The number of carbonyl (C=O) groups excluding carboxylic acids is 1. The van der Waals surface area contributed by atoms with Crippen LogP contribution in [0.5, 0.6) is 0 Å². The van der Waals surface area contributed by atoms with Crippen LogP contribution in [0.4, 0.5) is 0 Å². The standard InChI is InChI=1S/C18H37NO.C3H7NO/c1-2-3-4-5-6-7-8-9-10-11-12-13-14-15-16-17-18(19)20;1-2-3-4-5/h2-17H2,1H3,(H2,19,20);2-3H2,1H3. The Labute approximate surface area is 156 Å². The summed E-state index contributed by atoms with van der Waals surface area (Å²) in [7, 11) is 0. The number of nitroso groups, excluding NO2 is 1. The SMILES string of the molecule is CCCCCCCCCCCCCCCCCC(N)=O.CCCN=O. The maximum atomic E-state index is 10.6. The largest absolute Gasteiger partial charge is 0.370 e. The summed E-state index contributed by atoms with van der Waals surface area (Å²) in [5.74, 6) is -0.153. The Morgan fingerprint density at radius 2 is 1.00 bits per heavy atom. The van der Waals surface area contributed by atoms with Gasteiger partial charge in [0.1, 0.15) is 0 Å². The normalized spacial score (nSPS) is 10.2. The summed E-state index contributed by atoms with van der Waals surface area (Å²) < 4.78 is 0. The average Bonchev–Trinajstić information content (AvgIpc) is 2.59. The van der Waals surface area contributed by atoms with Gasteiger partial charge in [0.25, 0.3) is 0 Å². The van der Waals surface area contributed by atoms with E-state index in [0.29, 0.717) is 13.0 Å². The van der Waals surface area contributed by atoms with E-state index in [1.807, 2.05) is 6.92 Å². The summed E-state index contributed by atoms with van der Waals surface area (Å²) in [5.41, 5.74) is 5.11. The zero-order valence-electron chi connectivity index (χ0n) is 17.1. The van der Waals surface area contributed by atoms with E-state index in [-0.39, 0.29) is 5.91 Å². The number of hydrogen-bond acceptors (Lipinski definition) is 3. The zero-order valence-corrected chi connectivity index (χ0v) is 17.1. The van der Waals surface area contributed by atoms with Gasteiger partial charge >= 0.3 is 0 Å². The third-order valence-electron chi connectivity index (χ3n) is 4.34. The number of nitrogens with zero attached hydrogens (tertiary/aromatic N) is 1. The van der Waals surface area contributed by atoms with Gasteiger partial charge < -0.3 is 5.73 Å². The van der Waals surface area contributed by atoms with Crippen molar-refractivity contribution in [1.82, 2.24) is 0 Å². The van der Waals surface area contributed by atoms with E-state index in [9.17, 15) is 4.79 Å². The van der Waals surface area contributed by atoms with Gasteiger partial charge in [0.2, 0.25) is 5.91 Å². The van der Waals surface area contributed by atoms with Crippen molar-refractivity contribution in [2.75, 3.05) is 6.54 Å². The fourth-order valence-corrected chi connectivity index (χ4v) is 2.76. The average molecular weight is 357 g/mol. The Kier molecular flexibility index (Phi) is 26.6. The van der Waals surface area contributed by atoms with Crippen molar-refractivity contribution in [2.45, 2.75) is 123 Å². The fourth-order valence-electron chi connectivity index (χ4n) is 2.76. The first-order chi connectivity index (χ1) is 12.2. The van der Waals surface area contributed by atoms with Gasteiger partial charge in [0.05, 0.1) is 6.54 Å². The number of amides is 1. The number of carbonyl (C=O) groups is 1. The Bertz CT molecular complexity index is 271. The molecule has 0 saturated carbocycles. The van der Waals surface area contributed by atoms with Crippen LogP contribution in [-0.2, 0) is 4.79 Å². The fraction of sp³-hybridized carbons (Fsp3) is 0.952. The lowest BCUT2D eigenvalue weighted by Gasteiger charge is -2.03. The van der Waals surface area contributed by atoms with Crippen LogP contribution < -0.4 is 5.73 Å². The predicted octanol–water partition coefficient (Wildman–Crippen LogP) is 6.90. The second kappa shape index (κ2) is 25.3. The lowest BCUT2D eigenvalue weighted by molar-refractivity contribution is -0.118. The molecule has 0 atom stereocenters. The minimum absolute atomic E-state index is 0.153. The lowest BCUT2D eigenvalue weighted by atomic mass is 10.0. The van der Waals surface area contributed by atoms with E-state index in [1.165, 1.54) is 89.9 Å². The lowest BCUT2D eigenvalue weighted by Crippen LogP contribution is -2.09. The molecule has 150 valence electrons. The van der Waals surface area contributed by atoms with E-state index in [0.717, 1.165) is 12.8 Å². The molecule has 0 spiro atoms. The number of unbranched alkanes of at least 4 members (excludes halogenated alkanes) is 14. The Hall–Kier alpha value is -0.930. The molecule has 4 nitrogen and oxygen atoms in total. The van der Waals surface area contributed by atoms with E-state index < -0.39 is 0 Å². The quantitative estimate of drug-likeness (QED) is 0.214. The molecule has 0 aliphatic rings. The van der Waals surface area contributed by atoms with Gasteiger partial charge in [-0.3, -0.25) is 4.79 Å². The van der Waals surface area contributed by atoms with Crippen molar-refractivity contribution in [2.24, 2.45) is 10.9 Å². The first-order valence-corrected chi connectivity index (χ1v) is 10.8. The first-order valence-electron chi connectivity index (χ1n) is 10.8. The van der Waals surface area contributed by atoms with Gasteiger partial charge in [-0.15, -0.1) is 0 Å². The van der Waals surface area contributed by atoms with E-state index in [1.54, 1.807) is 0 Å². The van der Waals surface area contributed by atoms with Crippen LogP contribution in [0.2, 0.25) is 0 Å². The molecule has 0 aliphatic heterocycles. The molecule has 2 N–H and O–H groups in total. The summed E-state index contributed by atoms with van der Waals surface area (Å²) in [4.78, 5) is 19.7. The Morgan fingerprint density at radius 3 is 1.24 bits per heavy atom. The van der Waals surface area contributed by atoms with E-state index in [4.69, 9.17) is 10.6 Å². The van der Waals surface area contributed by atoms with Crippen LogP contribution >= 0.6 is 0 Å². The molecule has 0 heterocycles. The summed E-state index contributed by atoms with van der Waals surface area (Å²) >= 11 is 0. The molecule has 4 heteroatoms. The highest BCUT2D eigenvalue weighted by atomic mass is 16.3. The van der Waals surface area contributed by atoms with E-state index >= 15 is 0 Å². The molecule has 0 aromatic rings. The van der Waals surface area contributed by atoms with Crippen LogP contribution in [0.1, 0.15) is 123 Å². The topological polar surface area (TPSA) is 72.5 Å². The maximum Gasteiger partial charge on any atom is 0.217 e. The van der Waals surface area contributed by atoms with Gasteiger partial charge in [0.15, 0.2) is 0 Å². The van der Waals surface area contributed by atoms with Crippen LogP contribution in [0.25, 0.3) is 0 Å². The number of primary amides is 1. The van der Waals surface area contributed by atoms with Crippen molar-refractivity contribution in [1.29, 1.82) is 0 Å². The molecule has 0 bridgehead atoms. The minimum Gasteiger partial charge on any atom is -0.370 e. The number of hydrogen-bond donors (Lipinski definition) is 1. The highest BCUT2D eigenvalue weighted by Crippen LogP contribution is 2.13. The van der Waals surface area contributed by atoms with Crippen LogP contribution in [0.15, 0.2) is 5.18 Å². The molecule has 0 unspecified atom stereocenters. The predicted molar refractivity (Wildman–Crippen MR) is 110 cm³/mol. The van der Waals surface area contributed by atoms with Gasteiger partial charge in [0, 0.05) is 6.42 Å². The van der Waals surface area contributed by atoms with Crippen molar-refractivity contribution >= 4 is 5.91 Å². The molecule has 25 heavy (non-hydrogen) atoms. The van der Waals surface area contributed by atoms with Crippen molar-refractivity contribution in [3.8, 4) is 0 Å². The van der Waals surface area contributed by atoms with Gasteiger partial charge in [-0.05, 0) is 12.8 Å². The zero-order chi connectivity index (χ0) is 19.0. The summed E-state index contributed by atoms with van der Waals surface area (Å²) in [5, 5.41) is 2.60. The van der Waals surface area contributed by atoms with Gasteiger partial charge in [-0.2, -0.15) is 4.91 Å². The molecule has 0 fully saturated rings. The third-order valence-corrected chi connectivity index (χ3v) is 4.34. The van der Waals surface area contributed by atoms with Crippen molar-refractivity contribution in [3.63, 3.8) is 0 Å². The smallest absolute Gasteiger partial charge is 0.217 e. The number of nitrogens with two attached hydrogens (primary N) is 1. The van der Waals surface area contributed by atoms with Gasteiger partial charge in [-0.1, -0.05) is 109 Å². The summed E-state index contributed by atoms with van der Waals surface area (Å²) in [6.45, 7) is 4.65. The third kappa shape index (κ3) is 31.4. The highest BCUT2D eigenvalue weighted by Gasteiger charge is 1.96. The molecule has 0 radical (unpaired) electrons. The molecular formula is C21H44N2O2. The molecule has 0 rings (SSSR count). The molecule has 0 saturated heterocycles. The van der Waals surface area contributed by atoms with Crippen molar-refractivity contribution in [3.05, 3.63) is 4.91 Å². The Balaban J connectivity index is 0. The van der Waals surface area contributed by atoms with Crippen LogP contribution in [0.3, 0.4) is 0 Å². The molecule has 0 aromatic carbocycles. The monoisotopic (exact) mass is 356 g/mol. The second-order valence-electron chi connectivity index (χ2n) is 7.02. The molecule has 0 aliphatic carbocycles. The van der Waals surface area contributed by atoms with E-state index in [2.05, 4.69) is 12.1 Å². The summed E-state index contributed by atoms with van der Waals surface area (Å²) in [6, 6.07) is 0. The second-order valence-corrected chi connectivity index (χ2v) is 7.02. The molecular weight excluding hydrogens is 312 g/mol. The highest BCUT2D eigenvalue weighted by molar-refractivity contribution is 5.73. The number of rotatable bonds is 18. The maximum absolute atomic E-state index is 10.6. The molecule has 1 amide bonds. The minimum atomic E-state index is -0.153. The molecule has 0 aromatic heterocycles. The van der Waals surface area contributed by atoms with Gasteiger partial charge in [-0.25, -0.2) is 0 Å². The van der Waals surface area contributed by atoms with Crippen molar-refractivity contribution < 1.29 is 4.79 Å². The van der Waals surface area contributed by atoms with Crippen LogP contribution in [0, 0.1) is 4.91 Å². The first kappa shape index (κ1) is 26.3. The van der Waals surface area contributed by atoms with Crippen LogP contribution in [-0.4, -0.2) is 12.5 Å². The Morgan fingerprint density at radius 1 is 0.640 bits per heavy atom. The summed E-state index contributed by atoms with van der Waals surface area (Å²) in [6.07, 6.45) is 21.7.